The smallest absolute Gasteiger partial charge is 0.0580 e. The molecule has 0 bridgehead atoms. The monoisotopic (exact) mass is 262 g/mol. The molecule has 0 radical (unpaired) electrons. The second-order valence-electron chi connectivity index (χ2n) is 6.10. The first-order valence-electron chi connectivity index (χ1n) is 7.49. The highest BCUT2D eigenvalue weighted by Crippen LogP contribution is 2.26. The zero-order chi connectivity index (χ0) is 13.7. The topological polar surface area (TPSA) is 45.1 Å². The van der Waals surface area contributed by atoms with Gasteiger partial charge < -0.3 is 10.4 Å². The highest BCUT2D eigenvalue weighted by atomic mass is 16.3. The minimum Gasteiger partial charge on any atom is -0.393 e. The molecule has 0 unspecified atom stereocenters. The summed E-state index contributed by atoms with van der Waals surface area (Å²) in [6.07, 6.45) is 6.09. The molecule has 1 saturated carbocycles. The Hall–Kier alpha value is -0.930. The zero-order valence-corrected chi connectivity index (χ0v) is 12.0. The van der Waals surface area contributed by atoms with E-state index in [2.05, 4.69) is 30.2 Å². The van der Waals surface area contributed by atoms with Crippen molar-refractivity contribution in [3.05, 3.63) is 30.1 Å². The van der Waals surface area contributed by atoms with E-state index in [4.69, 9.17) is 0 Å². The molecule has 1 aliphatic carbocycles. The number of aromatic nitrogens is 1. The number of rotatable bonds is 6. The van der Waals surface area contributed by atoms with E-state index < -0.39 is 0 Å². The van der Waals surface area contributed by atoms with E-state index in [1.54, 1.807) is 0 Å². The number of aliphatic hydroxyl groups excluding tert-OH is 1. The van der Waals surface area contributed by atoms with Gasteiger partial charge in [0.1, 0.15) is 0 Å². The molecule has 0 saturated heterocycles. The summed E-state index contributed by atoms with van der Waals surface area (Å²) >= 11 is 0. The van der Waals surface area contributed by atoms with Crippen LogP contribution in [0.1, 0.15) is 51.3 Å². The van der Waals surface area contributed by atoms with Crippen molar-refractivity contribution in [2.75, 3.05) is 6.54 Å². The van der Waals surface area contributed by atoms with Gasteiger partial charge in [-0.15, -0.1) is 0 Å². The van der Waals surface area contributed by atoms with Crippen LogP contribution in [-0.4, -0.2) is 22.7 Å². The Bertz CT molecular complexity index is 366. The Kier molecular flexibility index (Phi) is 5.34. The molecule has 106 valence electrons. The van der Waals surface area contributed by atoms with Crippen molar-refractivity contribution in [1.29, 1.82) is 0 Å². The predicted molar refractivity (Wildman–Crippen MR) is 77.8 cm³/mol. The Labute approximate surface area is 116 Å². The van der Waals surface area contributed by atoms with E-state index in [1.807, 2.05) is 18.3 Å². The first-order valence-corrected chi connectivity index (χ1v) is 7.49. The zero-order valence-electron chi connectivity index (χ0n) is 12.0. The van der Waals surface area contributed by atoms with E-state index in [9.17, 15) is 5.11 Å². The lowest BCUT2D eigenvalue weighted by Gasteiger charge is -2.23. The highest BCUT2D eigenvalue weighted by Gasteiger charge is 2.26. The Morgan fingerprint density at radius 2 is 2.21 bits per heavy atom. The van der Waals surface area contributed by atoms with E-state index in [0.717, 1.165) is 37.9 Å². The van der Waals surface area contributed by atoms with Crippen LogP contribution in [0, 0.1) is 11.8 Å². The number of hydrogen-bond acceptors (Lipinski definition) is 3. The van der Waals surface area contributed by atoms with Crippen LogP contribution >= 0.6 is 0 Å². The third-order valence-electron chi connectivity index (χ3n) is 4.00. The molecule has 1 heterocycles. The number of pyridine rings is 1. The van der Waals surface area contributed by atoms with Crippen LogP contribution in [0.5, 0.6) is 0 Å². The Morgan fingerprint density at radius 1 is 1.37 bits per heavy atom. The molecule has 0 aliphatic heterocycles. The fourth-order valence-corrected chi connectivity index (χ4v) is 2.91. The molecule has 1 aliphatic rings. The minimum atomic E-state index is -0.115. The van der Waals surface area contributed by atoms with Crippen LogP contribution in [0.2, 0.25) is 0 Å². The molecule has 3 atom stereocenters. The van der Waals surface area contributed by atoms with Gasteiger partial charge in [0.15, 0.2) is 0 Å². The maximum absolute atomic E-state index is 9.90. The molecular formula is C16H26N2O. The standard InChI is InChI=1S/C16H26N2O/c1-12(2)10-15(14-7-3-4-9-17-14)18-11-13-6-5-8-16(13)19/h3-4,7,9,12-13,15-16,18-19H,5-6,8,10-11H2,1-2H3/t13-,15-,16+/m0/s1. The van der Waals surface area contributed by atoms with Gasteiger partial charge in [-0.2, -0.15) is 0 Å². The molecule has 0 aromatic carbocycles. The van der Waals surface area contributed by atoms with Crippen molar-refractivity contribution in [3.8, 4) is 0 Å². The van der Waals surface area contributed by atoms with Crippen LogP contribution in [-0.2, 0) is 0 Å². The lowest BCUT2D eigenvalue weighted by atomic mass is 9.99. The van der Waals surface area contributed by atoms with Gasteiger partial charge in [0, 0.05) is 18.8 Å². The third kappa shape index (κ3) is 4.29. The fraction of sp³-hybridized carbons (Fsp3) is 0.688. The molecule has 1 aromatic rings. The van der Waals surface area contributed by atoms with Gasteiger partial charge in [0.2, 0.25) is 0 Å². The molecule has 0 amide bonds. The van der Waals surface area contributed by atoms with Crippen LogP contribution in [0.15, 0.2) is 24.4 Å². The van der Waals surface area contributed by atoms with Gasteiger partial charge in [-0.3, -0.25) is 4.98 Å². The van der Waals surface area contributed by atoms with E-state index in [1.165, 1.54) is 0 Å². The molecule has 1 fully saturated rings. The van der Waals surface area contributed by atoms with Gasteiger partial charge >= 0.3 is 0 Å². The molecule has 2 N–H and O–H groups in total. The van der Waals surface area contributed by atoms with Crippen molar-refractivity contribution < 1.29 is 5.11 Å². The van der Waals surface area contributed by atoms with Crippen molar-refractivity contribution >= 4 is 0 Å². The summed E-state index contributed by atoms with van der Waals surface area (Å²) in [4.78, 5) is 4.47. The van der Waals surface area contributed by atoms with Crippen LogP contribution in [0.25, 0.3) is 0 Å². The van der Waals surface area contributed by atoms with E-state index in [-0.39, 0.29) is 6.10 Å². The van der Waals surface area contributed by atoms with Crippen molar-refractivity contribution in [2.45, 2.75) is 51.7 Å². The summed E-state index contributed by atoms with van der Waals surface area (Å²) in [5, 5.41) is 13.5. The maximum atomic E-state index is 9.90. The molecule has 1 aromatic heterocycles. The normalized spacial score (nSPS) is 24.8. The first kappa shape index (κ1) is 14.5. The summed E-state index contributed by atoms with van der Waals surface area (Å²) in [6.45, 7) is 5.37. The van der Waals surface area contributed by atoms with Gasteiger partial charge in [0.25, 0.3) is 0 Å². The molecule has 0 spiro atoms. The van der Waals surface area contributed by atoms with Crippen molar-refractivity contribution in [3.63, 3.8) is 0 Å². The number of aliphatic hydroxyl groups is 1. The summed E-state index contributed by atoms with van der Waals surface area (Å²) in [5.74, 6) is 1.05. The SMILES string of the molecule is CC(C)C[C@H](NC[C@@H]1CCC[C@H]1O)c1ccccn1. The fourth-order valence-electron chi connectivity index (χ4n) is 2.91. The lowest BCUT2D eigenvalue weighted by molar-refractivity contribution is 0.129. The van der Waals surface area contributed by atoms with Crippen molar-refractivity contribution in [2.24, 2.45) is 11.8 Å². The highest BCUT2D eigenvalue weighted by molar-refractivity contribution is 5.08. The summed E-state index contributed by atoms with van der Waals surface area (Å²) < 4.78 is 0. The van der Waals surface area contributed by atoms with Crippen LogP contribution in [0.4, 0.5) is 0 Å². The second-order valence-corrected chi connectivity index (χ2v) is 6.10. The maximum Gasteiger partial charge on any atom is 0.0580 e. The Morgan fingerprint density at radius 3 is 2.79 bits per heavy atom. The average molecular weight is 262 g/mol. The summed E-state index contributed by atoms with van der Waals surface area (Å²) in [7, 11) is 0. The Balaban J connectivity index is 1.94. The average Bonchev–Trinajstić information content (AvgIpc) is 2.81. The third-order valence-corrected chi connectivity index (χ3v) is 4.00. The molecular weight excluding hydrogens is 236 g/mol. The first-order chi connectivity index (χ1) is 9.16. The van der Waals surface area contributed by atoms with Crippen LogP contribution < -0.4 is 5.32 Å². The second kappa shape index (κ2) is 7.01. The summed E-state index contributed by atoms with van der Waals surface area (Å²) in [6, 6.07) is 6.39. The molecule has 2 rings (SSSR count). The van der Waals surface area contributed by atoms with Gasteiger partial charge in [-0.05, 0) is 43.2 Å². The predicted octanol–water partition coefficient (Wildman–Crippen LogP) is 2.92. The lowest BCUT2D eigenvalue weighted by Crippen LogP contribution is -2.32. The van der Waals surface area contributed by atoms with Gasteiger partial charge in [0.05, 0.1) is 11.8 Å². The number of nitrogens with one attached hydrogen (secondary N) is 1. The van der Waals surface area contributed by atoms with Gasteiger partial charge in [-0.1, -0.05) is 26.3 Å². The van der Waals surface area contributed by atoms with E-state index >= 15 is 0 Å². The van der Waals surface area contributed by atoms with Crippen molar-refractivity contribution in [1.82, 2.24) is 10.3 Å². The van der Waals surface area contributed by atoms with Crippen LogP contribution in [0.3, 0.4) is 0 Å². The minimum absolute atomic E-state index is 0.115. The number of nitrogens with zero attached hydrogens (tertiary/aromatic N) is 1. The molecule has 19 heavy (non-hydrogen) atoms. The molecule has 3 nitrogen and oxygen atoms in total. The number of hydrogen-bond donors (Lipinski definition) is 2. The van der Waals surface area contributed by atoms with Gasteiger partial charge in [-0.25, -0.2) is 0 Å². The quantitative estimate of drug-likeness (QED) is 0.828. The van der Waals surface area contributed by atoms with E-state index in [0.29, 0.717) is 17.9 Å². The molecule has 3 heteroatoms. The summed E-state index contributed by atoms with van der Waals surface area (Å²) in [5.41, 5.74) is 1.11. The largest absolute Gasteiger partial charge is 0.393 e.